The van der Waals surface area contributed by atoms with Crippen LogP contribution in [0.3, 0.4) is 0 Å². The quantitative estimate of drug-likeness (QED) is 0.796. The molecule has 2 nitrogen and oxygen atoms in total. The van der Waals surface area contributed by atoms with Gasteiger partial charge in [-0.3, -0.25) is 9.64 Å². The van der Waals surface area contributed by atoms with Crippen molar-refractivity contribution in [3.63, 3.8) is 0 Å². The Balaban J connectivity index is 2.20. The van der Waals surface area contributed by atoms with E-state index in [0.29, 0.717) is 19.4 Å². The Morgan fingerprint density at radius 1 is 1.10 bits per heavy atom. The van der Waals surface area contributed by atoms with Crippen LogP contribution in [0.5, 0.6) is 0 Å². The summed E-state index contributed by atoms with van der Waals surface area (Å²) in [5.41, 5.74) is 0.951. The monoisotopic (exact) mass is 301 g/mol. The van der Waals surface area contributed by atoms with Gasteiger partial charge in [0.15, 0.2) is 0 Å². The SMILES string of the molecule is CC(C)(C)N1CC[C@H](OC(F)(F)F)C[C@@H]1c1ccccc1. The van der Waals surface area contributed by atoms with Crippen molar-refractivity contribution in [2.24, 2.45) is 0 Å². The second-order valence-corrected chi connectivity index (χ2v) is 6.50. The predicted molar refractivity (Wildman–Crippen MR) is 75.8 cm³/mol. The highest BCUT2D eigenvalue weighted by atomic mass is 19.4. The average molecular weight is 301 g/mol. The van der Waals surface area contributed by atoms with E-state index in [9.17, 15) is 13.2 Å². The van der Waals surface area contributed by atoms with Crippen LogP contribution in [0, 0.1) is 0 Å². The van der Waals surface area contributed by atoms with E-state index < -0.39 is 12.5 Å². The molecule has 0 radical (unpaired) electrons. The van der Waals surface area contributed by atoms with Gasteiger partial charge in [0.1, 0.15) is 0 Å². The highest BCUT2D eigenvalue weighted by molar-refractivity contribution is 5.20. The zero-order valence-electron chi connectivity index (χ0n) is 12.7. The third-order valence-electron chi connectivity index (χ3n) is 3.90. The number of rotatable bonds is 2. The van der Waals surface area contributed by atoms with E-state index in [2.05, 4.69) is 30.4 Å². The van der Waals surface area contributed by atoms with Gasteiger partial charge >= 0.3 is 6.36 Å². The molecule has 0 spiro atoms. The number of piperidine rings is 1. The first-order chi connectivity index (χ1) is 9.67. The summed E-state index contributed by atoms with van der Waals surface area (Å²) in [6.45, 7) is 6.87. The second-order valence-electron chi connectivity index (χ2n) is 6.50. The number of halogens is 3. The maximum absolute atomic E-state index is 12.5. The molecule has 1 heterocycles. The molecule has 0 N–H and O–H groups in total. The van der Waals surface area contributed by atoms with E-state index in [0.717, 1.165) is 5.56 Å². The lowest BCUT2D eigenvalue weighted by Crippen LogP contribution is -2.50. The Kier molecular flexibility index (Phi) is 4.63. The Bertz CT molecular complexity index is 453. The van der Waals surface area contributed by atoms with Crippen LogP contribution in [0.2, 0.25) is 0 Å². The first-order valence-corrected chi connectivity index (χ1v) is 7.23. The molecule has 1 aliphatic rings. The Morgan fingerprint density at radius 2 is 1.71 bits per heavy atom. The zero-order valence-corrected chi connectivity index (χ0v) is 12.7. The molecule has 1 aromatic carbocycles. The van der Waals surface area contributed by atoms with Gasteiger partial charge in [-0.05, 0) is 39.2 Å². The van der Waals surface area contributed by atoms with Crippen molar-refractivity contribution in [3.05, 3.63) is 35.9 Å². The molecular formula is C16H22F3NO. The van der Waals surface area contributed by atoms with Gasteiger partial charge in [0, 0.05) is 18.1 Å². The summed E-state index contributed by atoms with van der Waals surface area (Å²) in [4.78, 5) is 2.26. The van der Waals surface area contributed by atoms with Crippen molar-refractivity contribution >= 4 is 0 Å². The highest BCUT2D eigenvalue weighted by Gasteiger charge is 2.40. The van der Waals surface area contributed by atoms with Crippen molar-refractivity contribution in [2.45, 2.75) is 57.7 Å². The molecule has 5 heteroatoms. The Hall–Kier alpha value is -1.07. The van der Waals surface area contributed by atoms with Gasteiger partial charge in [-0.25, -0.2) is 0 Å². The lowest BCUT2D eigenvalue weighted by atomic mass is 9.89. The summed E-state index contributed by atoms with van der Waals surface area (Å²) < 4.78 is 41.7. The van der Waals surface area contributed by atoms with Gasteiger partial charge in [-0.1, -0.05) is 30.3 Å². The van der Waals surface area contributed by atoms with Crippen LogP contribution in [0.4, 0.5) is 13.2 Å². The standard InChI is InChI=1S/C16H22F3NO/c1-15(2,3)20-10-9-13(21-16(17,18)19)11-14(20)12-7-5-4-6-8-12/h4-8,13-14H,9-11H2,1-3H3/t13-,14+/m0/s1. The molecule has 2 atom stereocenters. The van der Waals surface area contributed by atoms with Crippen LogP contribution in [0.1, 0.15) is 45.2 Å². The smallest absolute Gasteiger partial charge is 0.291 e. The number of likely N-dealkylation sites (tertiary alicyclic amines) is 1. The minimum absolute atomic E-state index is 0.0488. The molecule has 1 aliphatic heterocycles. The molecule has 1 aromatic rings. The van der Waals surface area contributed by atoms with Gasteiger partial charge in [-0.2, -0.15) is 0 Å². The summed E-state index contributed by atoms with van der Waals surface area (Å²) in [6, 6.07) is 9.65. The molecule has 0 unspecified atom stereocenters. The van der Waals surface area contributed by atoms with Gasteiger partial charge in [0.25, 0.3) is 0 Å². The second kappa shape index (κ2) is 5.97. The van der Waals surface area contributed by atoms with Crippen LogP contribution in [-0.2, 0) is 4.74 Å². The van der Waals surface area contributed by atoms with Crippen molar-refractivity contribution in [2.75, 3.05) is 6.54 Å². The summed E-state index contributed by atoms with van der Waals surface area (Å²) in [5, 5.41) is 0. The first kappa shape index (κ1) is 16.3. The summed E-state index contributed by atoms with van der Waals surface area (Å²) >= 11 is 0. The third-order valence-corrected chi connectivity index (χ3v) is 3.90. The molecule has 0 bridgehead atoms. The first-order valence-electron chi connectivity index (χ1n) is 7.23. The van der Waals surface area contributed by atoms with E-state index in [1.54, 1.807) is 0 Å². The fraction of sp³-hybridized carbons (Fsp3) is 0.625. The van der Waals surface area contributed by atoms with Crippen LogP contribution >= 0.6 is 0 Å². The molecular weight excluding hydrogens is 279 g/mol. The van der Waals surface area contributed by atoms with Crippen molar-refractivity contribution in [1.29, 1.82) is 0 Å². The number of alkyl halides is 3. The third kappa shape index (κ3) is 4.45. The molecule has 0 amide bonds. The van der Waals surface area contributed by atoms with Crippen LogP contribution in [-0.4, -0.2) is 29.4 Å². The normalized spacial score (nSPS) is 25.0. The minimum atomic E-state index is -4.56. The average Bonchev–Trinajstić information content (AvgIpc) is 2.36. The fourth-order valence-electron chi connectivity index (χ4n) is 3.02. The van der Waals surface area contributed by atoms with E-state index in [1.165, 1.54) is 0 Å². The number of nitrogens with zero attached hydrogens (tertiary/aromatic N) is 1. The molecule has 2 rings (SSSR count). The van der Waals surface area contributed by atoms with Gasteiger partial charge in [-0.15, -0.1) is 13.2 Å². The Morgan fingerprint density at radius 3 is 2.24 bits per heavy atom. The van der Waals surface area contributed by atoms with E-state index in [-0.39, 0.29) is 11.6 Å². The summed E-state index contributed by atoms with van der Waals surface area (Å²) in [5.74, 6) is 0. The van der Waals surface area contributed by atoms with Gasteiger partial charge in [0.05, 0.1) is 6.10 Å². The fourth-order valence-corrected chi connectivity index (χ4v) is 3.02. The van der Waals surface area contributed by atoms with Gasteiger partial charge in [0.2, 0.25) is 0 Å². The molecule has 118 valence electrons. The molecule has 1 saturated heterocycles. The maximum atomic E-state index is 12.5. The summed E-state index contributed by atoms with van der Waals surface area (Å²) in [6.07, 6.45) is -4.56. The van der Waals surface area contributed by atoms with Crippen LogP contribution in [0.25, 0.3) is 0 Å². The van der Waals surface area contributed by atoms with E-state index in [1.807, 2.05) is 30.3 Å². The minimum Gasteiger partial charge on any atom is -0.291 e. The van der Waals surface area contributed by atoms with E-state index >= 15 is 0 Å². The highest BCUT2D eigenvalue weighted by Crippen LogP contribution is 2.38. The van der Waals surface area contributed by atoms with Crippen LogP contribution < -0.4 is 0 Å². The molecule has 0 aromatic heterocycles. The number of benzene rings is 1. The number of hydrogen-bond donors (Lipinski definition) is 0. The molecule has 0 aliphatic carbocycles. The maximum Gasteiger partial charge on any atom is 0.522 e. The van der Waals surface area contributed by atoms with Crippen molar-refractivity contribution < 1.29 is 17.9 Å². The lowest BCUT2D eigenvalue weighted by molar-refractivity contribution is -0.347. The zero-order chi connectivity index (χ0) is 15.7. The largest absolute Gasteiger partial charge is 0.522 e. The van der Waals surface area contributed by atoms with Crippen molar-refractivity contribution in [1.82, 2.24) is 4.90 Å². The summed E-state index contributed by atoms with van der Waals surface area (Å²) in [7, 11) is 0. The number of hydrogen-bond acceptors (Lipinski definition) is 2. The van der Waals surface area contributed by atoms with Crippen LogP contribution in [0.15, 0.2) is 30.3 Å². The van der Waals surface area contributed by atoms with Crippen molar-refractivity contribution in [3.8, 4) is 0 Å². The van der Waals surface area contributed by atoms with Gasteiger partial charge < -0.3 is 0 Å². The topological polar surface area (TPSA) is 12.5 Å². The van der Waals surface area contributed by atoms with E-state index in [4.69, 9.17) is 0 Å². The molecule has 1 fully saturated rings. The molecule has 0 saturated carbocycles. The predicted octanol–water partition coefficient (Wildman–Crippen LogP) is 4.53. The molecule has 21 heavy (non-hydrogen) atoms. The Labute approximate surface area is 123 Å². The lowest BCUT2D eigenvalue weighted by Gasteiger charge is -2.47. The number of ether oxygens (including phenoxy) is 1.